The second kappa shape index (κ2) is 7.02. The van der Waals surface area contributed by atoms with E-state index in [0.717, 1.165) is 24.9 Å². The highest BCUT2D eigenvalue weighted by Gasteiger charge is 2.67. The largest absolute Gasteiger partial charge is 0.360 e. The van der Waals surface area contributed by atoms with Crippen LogP contribution in [-0.2, 0) is 20.9 Å². The van der Waals surface area contributed by atoms with Crippen molar-refractivity contribution in [2.24, 2.45) is 11.8 Å². The number of aromatic nitrogens is 1. The Morgan fingerprint density at radius 1 is 1.19 bits per heavy atom. The minimum Gasteiger partial charge on any atom is -0.360 e. The number of amides is 2. The molecule has 0 aliphatic carbocycles. The number of rotatable bonds is 4. The molecule has 2 amide bonds. The lowest BCUT2D eigenvalue weighted by Gasteiger charge is -2.31. The maximum atomic E-state index is 13.8. The van der Waals surface area contributed by atoms with Crippen molar-refractivity contribution >= 4 is 11.8 Å². The molecule has 31 heavy (non-hydrogen) atoms. The fourth-order valence-electron chi connectivity index (χ4n) is 5.95. The third-order valence-corrected chi connectivity index (χ3v) is 7.28. The number of likely N-dealkylation sites (tertiary alicyclic amines) is 2. The quantitative estimate of drug-likeness (QED) is 0.721. The van der Waals surface area contributed by atoms with E-state index in [2.05, 4.69) is 17.1 Å². The topological polar surface area (TPSA) is 62.7 Å². The van der Waals surface area contributed by atoms with Gasteiger partial charge in [-0.3, -0.25) is 14.6 Å². The van der Waals surface area contributed by atoms with E-state index >= 15 is 0 Å². The summed E-state index contributed by atoms with van der Waals surface area (Å²) < 4.78 is 6.32. The van der Waals surface area contributed by atoms with Crippen LogP contribution in [0.5, 0.6) is 0 Å². The predicted octanol–water partition coefficient (Wildman–Crippen LogP) is 2.73. The lowest BCUT2D eigenvalue weighted by Crippen LogP contribution is -2.45. The molecule has 1 aromatic heterocycles. The summed E-state index contributed by atoms with van der Waals surface area (Å²) in [5.41, 5.74) is 1.47. The molecule has 6 nitrogen and oxygen atoms in total. The molecule has 0 radical (unpaired) electrons. The standard InChI is InChI=1S/C25H25N3O3/c29-23(28-13-5-9-19(28)18-7-2-1-3-8-18)21-20-10-11-25(31-20)16-27(24(30)22(21)25)15-17-6-4-12-26-14-17/h1-4,6-8,10-12,14,19-22H,5,9,13,15-16H2/t19-,20+,21-,22+,25+/m1/s1. The summed E-state index contributed by atoms with van der Waals surface area (Å²) in [4.78, 5) is 35.3. The highest BCUT2D eigenvalue weighted by Crippen LogP contribution is 2.53. The Kier molecular flexibility index (Phi) is 4.25. The smallest absolute Gasteiger partial charge is 0.230 e. The summed E-state index contributed by atoms with van der Waals surface area (Å²) >= 11 is 0. The van der Waals surface area contributed by atoms with Gasteiger partial charge in [0.2, 0.25) is 11.8 Å². The highest BCUT2D eigenvalue weighted by molar-refractivity contribution is 5.93. The van der Waals surface area contributed by atoms with E-state index in [0.29, 0.717) is 13.1 Å². The number of benzene rings is 1. The molecule has 1 spiro atoms. The summed E-state index contributed by atoms with van der Waals surface area (Å²) in [7, 11) is 0. The monoisotopic (exact) mass is 415 g/mol. The molecule has 2 aromatic rings. The van der Waals surface area contributed by atoms with Crippen molar-refractivity contribution in [3.8, 4) is 0 Å². The third kappa shape index (κ3) is 2.85. The first kappa shape index (κ1) is 18.8. The molecule has 3 fully saturated rings. The van der Waals surface area contributed by atoms with Gasteiger partial charge in [0, 0.05) is 25.5 Å². The molecule has 2 bridgehead atoms. The molecular formula is C25H25N3O3. The van der Waals surface area contributed by atoms with Crippen molar-refractivity contribution in [2.45, 2.75) is 37.1 Å². The Morgan fingerprint density at radius 2 is 2.06 bits per heavy atom. The first-order valence-electron chi connectivity index (χ1n) is 11.1. The van der Waals surface area contributed by atoms with Crippen molar-refractivity contribution in [2.75, 3.05) is 13.1 Å². The van der Waals surface area contributed by atoms with Crippen LogP contribution < -0.4 is 0 Å². The molecule has 6 rings (SSSR count). The number of hydrogen-bond acceptors (Lipinski definition) is 4. The van der Waals surface area contributed by atoms with Gasteiger partial charge in [-0.25, -0.2) is 0 Å². The van der Waals surface area contributed by atoms with E-state index in [1.54, 1.807) is 12.4 Å². The molecule has 4 aliphatic heterocycles. The Morgan fingerprint density at radius 3 is 2.87 bits per heavy atom. The van der Waals surface area contributed by atoms with Crippen LogP contribution in [-0.4, -0.2) is 51.4 Å². The Balaban J connectivity index is 1.27. The Hall–Kier alpha value is -2.99. The fourth-order valence-corrected chi connectivity index (χ4v) is 5.95. The van der Waals surface area contributed by atoms with Crippen LogP contribution in [0.25, 0.3) is 0 Å². The van der Waals surface area contributed by atoms with Crippen molar-refractivity contribution in [3.05, 3.63) is 78.1 Å². The molecule has 0 unspecified atom stereocenters. The fraction of sp³-hybridized carbons (Fsp3) is 0.400. The molecule has 6 heteroatoms. The molecule has 3 saturated heterocycles. The van der Waals surface area contributed by atoms with Crippen LogP contribution in [0.15, 0.2) is 67.0 Å². The van der Waals surface area contributed by atoms with E-state index < -0.39 is 17.4 Å². The van der Waals surface area contributed by atoms with E-state index in [1.165, 1.54) is 5.56 Å². The molecule has 0 N–H and O–H groups in total. The van der Waals surface area contributed by atoms with Crippen LogP contribution in [0, 0.1) is 11.8 Å². The lowest BCUT2D eigenvalue weighted by molar-refractivity contribution is -0.144. The molecule has 0 saturated carbocycles. The second-order valence-electron chi connectivity index (χ2n) is 9.06. The SMILES string of the molecule is O=C1[C@@H]2[C@H](C(=O)N3CCC[C@@H]3c3ccccc3)[C@@H]3C=C[C@@]2(CN1Cc1cccnc1)O3. The Labute approximate surface area is 181 Å². The number of carbonyl (C=O) groups excluding carboxylic acids is 2. The minimum atomic E-state index is -0.674. The van der Waals surface area contributed by atoms with Crippen LogP contribution in [0.4, 0.5) is 0 Å². The average molecular weight is 415 g/mol. The molecular weight excluding hydrogens is 390 g/mol. The van der Waals surface area contributed by atoms with Crippen LogP contribution >= 0.6 is 0 Å². The number of fused-ring (bicyclic) bond motifs is 1. The third-order valence-electron chi connectivity index (χ3n) is 7.28. The van der Waals surface area contributed by atoms with E-state index in [4.69, 9.17) is 4.74 Å². The average Bonchev–Trinajstić information content (AvgIpc) is 3.56. The van der Waals surface area contributed by atoms with Gasteiger partial charge in [-0.15, -0.1) is 0 Å². The zero-order valence-corrected chi connectivity index (χ0v) is 17.3. The summed E-state index contributed by atoms with van der Waals surface area (Å²) in [5.74, 6) is -0.807. The second-order valence-corrected chi connectivity index (χ2v) is 9.06. The number of ether oxygens (including phenoxy) is 1. The van der Waals surface area contributed by atoms with Gasteiger partial charge in [-0.05, 0) is 30.0 Å². The first-order chi connectivity index (χ1) is 15.2. The predicted molar refractivity (Wildman–Crippen MR) is 114 cm³/mol. The van der Waals surface area contributed by atoms with Gasteiger partial charge in [0.15, 0.2) is 0 Å². The van der Waals surface area contributed by atoms with Gasteiger partial charge in [-0.2, -0.15) is 0 Å². The molecule has 5 atom stereocenters. The number of nitrogens with zero attached hydrogens (tertiary/aromatic N) is 3. The van der Waals surface area contributed by atoms with Gasteiger partial charge in [-0.1, -0.05) is 48.6 Å². The van der Waals surface area contributed by atoms with Gasteiger partial charge >= 0.3 is 0 Å². The van der Waals surface area contributed by atoms with E-state index in [-0.39, 0.29) is 24.0 Å². The van der Waals surface area contributed by atoms with Crippen LogP contribution in [0.1, 0.15) is 30.0 Å². The van der Waals surface area contributed by atoms with Gasteiger partial charge < -0.3 is 14.5 Å². The Bertz CT molecular complexity index is 1040. The van der Waals surface area contributed by atoms with Crippen LogP contribution in [0.2, 0.25) is 0 Å². The van der Waals surface area contributed by atoms with Gasteiger partial charge in [0.1, 0.15) is 5.60 Å². The molecule has 158 valence electrons. The molecule has 5 heterocycles. The van der Waals surface area contributed by atoms with E-state index in [1.807, 2.05) is 52.3 Å². The summed E-state index contributed by atoms with van der Waals surface area (Å²) in [5, 5.41) is 0. The van der Waals surface area contributed by atoms with Gasteiger partial charge in [0.25, 0.3) is 0 Å². The summed E-state index contributed by atoms with van der Waals surface area (Å²) in [6.45, 7) is 1.72. The number of pyridine rings is 1. The lowest BCUT2D eigenvalue weighted by atomic mass is 9.76. The zero-order valence-electron chi connectivity index (χ0n) is 17.3. The van der Waals surface area contributed by atoms with E-state index in [9.17, 15) is 9.59 Å². The maximum Gasteiger partial charge on any atom is 0.230 e. The maximum absolute atomic E-state index is 13.8. The van der Waals surface area contributed by atoms with Crippen LogP contribution in [0.3, 0.4) is 0 Å². The molecule has 1 aromatic carbocycles. The number of carbonyl (C=O) groups is 2. The van der Waals surface area contributed by atoms with Crippen molar-refractivity contribution in [1.82, 2.24) is 14.8 Å². The zero-order chi connectivity index (χ0) is 21.0. The highest BCUT2D eigenvalue weighted by atomic mass is 16.5. The minimum absolute atomic E-state index is 0.0181. The van der Waals surface area contributed by atoms with Crippen molar-refractivity contribution in [3.63, 3.8) is 0 Å². The first-order valence-corrected chi connectivity index (χ1v) is 11.1. The molecule has 4 aliphatic rings. The van der Waals surface area contributed by atoms with Crippen molar-refractivity contribution in [1.29, 1.82) is 0 Å². The summed E-state index contributed by atoms with van der Waals surface area (Å²) in [6.07, 6.45) is 9.16. The number of hydrogen-bond donors (Lipinski definition) is 0. The normalized spacial score (nSPS) is 33.4. The summed E-state index contributed by atoms with van der Waals surface area (Å²) in [6, 6.07) is 14.1. The van der Waals surface area contributed by atoms with Gasteiger partial charge in [0.05, 0.1) is 30.5 Å². The van der Waals surface area contributed by atoms with Crippen molar-refractivity contribution < 1.29 is 14.3 Å².